The molecule has 160 valence electrons. The van der Waals surface area contributed by atoms with Crippen molar-refractivity contribution in [2.24, 2.45) is 5.41 Å². The van der Waals surface area contributed by atoms with Crippen LogP contribution in [0.5, 0.6) is 0 Å². The van der Waals surface area contributed by atoms with Crippen molar-refractivity contribution >= 4 is 22.8 Å². The van der Waals surface area contributed by atoms with Gasteiger partial charge in [0.25, 0.3) is 11.8 Å². The Bertz CT molecular complexity index is 1240. The molecule has 10 heteroatoms. The second-order valence-electron chi connectivity index (χ2n) is 8.57. The van der Waals surface area contributed by atoms with Crippen molar-refractivity contribution < 1.29 is 9.59 Å². The molecule has 4 heterocycles. The predicted octanol–water partition coefficient (Wildman–Crippen LogP) is 1.74. The van der Waals surface area contributed by atoms with Gasteiger partial charge in [-0.25, -0.2) is 9.03 Å². The van der Waals surface area contributed by atoms with E-state index in [0.717, 1.165) is 0 Å². The zero-order valence-electron chi connectivity index (χ0n) is 17.6. The van der Waals surface area contributed by atoms with Gasteiger partial charge in [0, 0.05) is 37.4 Å². The summed E-state index contributed by atoms with van der Waals surface area (Å²) in [6, 6.07) is -0.275. The van der Waals surface area contributed by atoms with Crippen LogP contribution in [0.2, 0.25) is 0 Å². The summed E-state index contributed by atoms with van der Waals surface area (Å²) in [5.74, 6) is -0.525. The van der Waals surface area contributed by atoms with Gasteiger partial charge in [0.2, 0.25) is 0 Å². The summed E-state index contributed by atoms with van der Waals surface area (Å²) in [6.45, 7) is 6.54. The Morgan fingerprint density at radius 3 is 2.00 bits per heavy atom. The molecule has 0 fully saturated rings. The van der Waals surface area contributed by atoms with Crippen LogP contribution in [0.4, 0.5) is 0 Å². The van der Waals surface area contributed by atoms with E-state index in [4.69, 9.17) is 0 Å². The summed E-state index contributed by atoms with van der Waals surface area (Å²) >= 11 is 0. The monoisotopic (exact) mass is 420 g/mol. The summed E-state index contributed by atoms with van der Waals surface area (Å²) in [6.07, 6.45) is 13.5. The number of aromatic nitrogens is 6. The Kier molecular flexibility index (Phi) is 5.37. The number of hydrogen-bond donors (Lipinski definition) is 2. The van der Waals surface area contributed by atoms with E-state index in [2.05, 4.69) is 51.6 Å². The van der Waals surface area contributed by atoms with Crippen molar-refractivity contribution in [3.8, 4) is 0 Å². The molecule has 0 spiro atoms. The maximum Gasteiger partial charge on any atom is 0.255 e. The molecule has 4 aromatic rings. The van der Waals surface area contributed by atoms with Gasteiger partial charge in [-0.1, -0.05) is 20.8 Å². The Morgan fingerprint density at radius 2 is 1.45 bits per heavy atom. The molecule has 4 rings (SSSR count). The third kappa shape index (κ3) is 4.52. The molecule has 0 saturated heterocycles. The van der Waals surface area contributed by atoms with E-state index in [1.165, 1.54) is 12.4 Å². The highest BCUT2D eigenvalue weighted by molar-refractivity contribution is 6.01. The number of carbonyl (C=O) groups excluding carboxylic acids is 2. The highest BCUT2D eigenvalue weighted by atomic mass is 16.2. The van der Waals surface area contributed by atoms with Crippen LogP contribution >= 0.6 is 0 Å². The van der Waals surface area contributed by atoms with Crippen molar-refractivity contribution in [1.82, 2.24) is 39.8 Å². The van der Waals surface area contributed by atoms with Crippen LogP contribution in [0, 0.1) is 5.41 Å². The molecule has 10 nitrogen and oxygen atoms in total. The first kappa shape index (κ1) is 20.5. The van der Waals surface area contributed by atoms with Crippen LogP contribution in [0.1, 0.15) is 47.9 Å². The van der Waals surface area contributed by atoms with Crippen molar-refractivity contribution in [1.29, 1.82) is 0 Å². The molecule has 0 radical (unpaired) electrons. The van der Waals surface area contributed by atoms with E-state index in [1.54, 1.807) is 46.2 Å². The first-order valence-corrected chi connectivity index (χ1v) is 9.95. The molecule has 0 aliphatic carbocycles. The van der Waals surface area contributed by atoms with Crippen molar-refractivity contribution in [2.75, 3.05) is 6.54 Å². The summed E-state index contributed by atoms with van der Waals surface area (Å²) in [7, 11) is 0. The summed E-state index contributed by atoms with van der Waals surface area (Å²) in [5, 5.41) is 14.3. The number of hydrogen-bond acceptors (Lipinski definition) is 6. The molecule has 31 heavy (non-hydrogen) atoms. The fourth-order valence-corrected chi connectivity index (χ4v) is 3.51. The lowest BCUT2D eigenvalue weighted by Crippen LogP contribution is -2.45. The molecular weight excluding hydrogens is 396 g/mol. The molecule has 2 amide bonds. The molecular formula is C21H24N8O2. The van der Waals surface area contributed by atoms with E-state index >= 15 is 0 Å². The SMILES string of the molecule is CC(C)(C)CC(CNC(=O)c1cnn2ccncc12)NC(=O)c1cnn2ccncc12. The third-order valence-corrected chi connectivity index (χ3v) is 4.84. The summed E-state index contributed by atoms with van der Waals surface area (Å²) in [5.41, 5.74) is 2.06. The van der Waals surface area contributed by atoms with Gasteiger partial charge >= 0.3 is 0 Å². The Balaban J connectivity index is 1.48. The number of nitrogens with zero attached hydrogens (tertiary/aromatic N) is 6. The van der Waals surface area contributed by atoms with Crippen molar-refractivity contribution in [3.05, 3.63) is 60.7 Å². The average Bonchev–Trinajstić information content (AvgIpc) is 3.35. The van der Waals surface area contributed by atoms with Gasteiger partial charge in [-0.3, -0.25) is 19.6 Å². The predicted molar refractivity (Wildman–Crippen MR) is 114 cm³/mol. The highest BCUT2D eigenvalue weighted by Crippen LogP contribution is 2.21. The molecule has 4 aromatic heterocycles. The number of nitrogens with one attached hydrogen (secondary N) is 2. The first-order valence-electron chi connectivity index (χ1n) is 9.95. The van der Waals surface area contributed by atoms with Gasteiger partial charge in [0.05, 0.1) is 46.9 Å². The van der Waals surface area contributed by atoms with Gasteiger partial charge in [-0.15, -0.1) is 0 Å². The lowest BCUT2D eigenvalue weighted by molar-refractivity contribution is 0.0898. The maximum atomic E-state index is 12.9. The molecule has 0 aliphatic rings. The largest absolute Gasteiger partial charge is 0.350 e. The topological polar surface area (TPSA) is 119 Å². The van der Waals surface area contributed by atoms with E-state index in [0.29, 0.717) is 28.6 Å². The molecule has 0 aliphatic heterocycles. The molecule has 0 bridgehead atoms. The van der Waals surface area contributed by atoms with E-state index in [-0.39, 0.29) is 29.8 Å². The molecule has 1 atom stereocenters. The van der Waals surface area contributed by atoms with Crippen LogP contribution in [-0.2, 0) is 0 Å². The summed E-state index contributed by atoms with van der Waals surface area (Å²) < 4.78 is 3.19. The smallest absolute Gasteiger partial charge is 0.255 e. The minimum atomic E-state index is -0.275. The van der Waals surface area contributed by atoms with Crippen LogP contribution in [0.15, 0.2) is 49.6 Å². The fourth-order valence-electron chi connectivity index (χ4n) is 3.51. The Labute approximate surface area is 178 Å². The zero-order valence-corrected chi connectivity index (χ0v) is 17.6. The maximum absolute atomic E-state index is 12.9. The first-order chi connectivity index (χ1) is 14.8. The second-order valence-corrected chi connectivity index (χ2v) is 8.57. The second kappa shape index (κ2) is 8.13. The molecule has 2 N–H and O–H groups in total. The van der Waals surface area contributed by atoms with E-state index in [1.807, 2.05) is 0 Å². The Morgan fingerprint density at radius 1 is 0.903 bits per heavy atom. The standard InChI is InChI=1S/C21H24N8O2/c1-21(2,3)8-14(27-20(31)16-11-26-29-7-5-23-13-18(16)29)9-24-19(30)15-10-25-28-6-4-22-12-17(15)28/h4-7,10-14H,8-9H2,1-3H3,(H,24,30)(H,27,31). The van der Waals surface area contributed by atoms with Gasteiger partial charge in [0.15, 0.2) is 0 Å². The van der Waals surface area contributed by atoms with Crippen LogP contribution in [-0.4, -0.2) is 53.6 Å². The zero-order chi connectivity index (χ0) is 22.0. The van der Waals surface area contributed by atoms with Gasteiger partial charge in [-0.05, 0) is 11.8 Å². The van der Waals surface area contributed by atoms with Gasteiger partial charge in [-0.2, -0.15) is 10.2 Å². The van der Waals surface area contributed by atoms with Crippen molar-refractivity contribution in [2.45, 2.75) is 33.2 Å². The highest BCUT2D eigenvalue weighted by Gasteiger charge is 2.24. The molecule has 0 saturated carbocycles. The minimum Gasteiger partial charge on any atom is -0.350 e. The van der Waals surface area contributed by atoms with Gasteiger partial charge < -0.3 is 10.6 Å². The number of amides is 2. The number of rotatable bonds is 6. The third-order valence-electron chi connectivity index (χ3n) is 4.84. The van der Waals surface area contributed by atoms with Crippen LogP contribution in [0.3, 0.4) is 0 Å². The van der Waals surface area contributed by atoms with E-state index < -0.39 is 0 Å². The van der Waals surface area contributed by atoms with Crippen molar-refractivity contribution in [3.63, 3.8) is 0 Å². The van der Waals surface area contributed by atoms with Crippen LogP contribution in [0.25, 0.3) is 11.0 Å². The molecule has 0 aromatic carbocycles. The quantitative estimate of drug-likeness (QED) is 0.490. The number of carbonyl (C=O) groups is 2. The average molecular weight is 420 g/mol. The summed E-state index contributed by atoms with van der Waals surface area (Å²) in [4.78, 5) is 33.8. The lowest BCUT2D eigenvalue weighted by atomic mass is 9.88. The van der Waals surface area contributed by atoms with Crippen LogP contribution < -0.4 is 10.6 Å². The minimum absolute atomic E-state index is 0.0559. The molecule has 1 unspecified atom stereocenters. The van der Waals surface area contributed by atoms with Gasteiger partial charge in [0.1, 0.15) is 0 Å². The van der Waals surface area contributed by atoms with E-state index in [9.17, 15) is 9.59 Å². The number of fused-ring (bicyclic) bond motifs is 2. The lowest BCUT2D eigenvalue weighted by Gasteiger charge is -2.27. The normalized spacial score (nSPS) is 12.7. The fraction of sp³-hybridized carbons (Fsp3) is 0.333. The Hall–Kier alpha value is -3.82.